The van der Waals surface area contributed by atoms with Crippen molar-refractivity contribution in [1.29, 1.82) is 0 Å². The van der Waals surface area contributed by atoms with Crippen molar-refractivity contribution in [2.45, 2.75) is 13.8 Å². The smallest absolute Gasteiger partial charge is 0.230 e. The Bertz CT molecular complexity index is 504. The standard InChI is InChI=1S/C12H15N5/c1-8-14-9(2)16-12(15-8)17-11-6-4-5-10(7-11)13-3/h4-7,13H,1-3H3,(H,14,15,16,17). The van der Waals surface area contributed by atoms with Gasteiger partial charge in [0.15, 0.2) is 0 Å². The zero-order chi connectivity index (χ0) is 12.3. The van der Waals surface area contributed by atoms with Crippen LogP contribution >= 0.6 is 0 Å². The summed E-state index contributed by atoms with van der Waals surface area (Å²) in [6.45, 7) is 3.70. The minimum atomic E-state index is 0.572. The average molecular weight is 229 g/mol. The number of nitrogens with one attached hydrogen (secondary N) is 2. The van der Waals surface area contributed by atoms with Crippen LogP contribution in [0.15, 0.2) is 24.3 Å². The summed E-state index contributed by atoms with van der Waals surface area (Å²) in [5, 5.41) is 6.24. The second-order valence-electron chi connectivity index (χ2n) is 3.71. The molecule has 0 bridgehead atoms. The van der Waals surface area contributed by atoms with E-state index in [2.05, 4.69) is 25.6 Å². The van der Waals surface area contributed by atoms with Crippen LogP contribution in [0.3, 0.4) is 0 Å². The van der Waals surface area contributed by atoms with Crippen molar-refractivity contribution in [1.82, 2.24) is 15.0 Å². The third-order valence-corrected chi connectivity index (χ3v) is 2.27. The number of hydrogen-bond acceptors (Lipinski definition) is 5. The molecule has 88 valence electrons. The number of rotatable bonds is 3. The number of anilines is 3. The highest BCUT2D eigenvalue weighted by atomic mass is 15.2. The van der Waals surface area contributed by atoms with E-state index in [0.717, 1.165) is 11.4 Å². The molecule has 2 N–H and O–H groups in total. The normalized spacial score (nSPS) is 10.1. The van der Waals surface area contributed by atoms with Gasteiger partial charge in [-0.3, -0.25) is 0 Å². The molecule has 0 amide bonds. The minimum absolute atomic E-state index is 0.572. The van der Waals surface area contributed by atoms with Gasteiger partial charge in [-0.2, -0.15) is 9.97 Å². The third kappa shape index (κ3) is 2.90. The highest BCUT2D eigenvalue weighted by molar-refractivity contribution is 5.60. The Balaban J connectivity index is 2.24. The van der Waals surface area contributed by atoms with E-state index in [1.54, 1.807) is 0 Å². The molecule has 1 aromatic carbocycles. The maximum atomic E-state index is 4.23. The molecule has 0 aliphatic carbocycles. The van der Waals surface area contributed by atoms with Crippen LogP contribution in [0.2, 0.25) is 0 Å². The third-order valence-electron chi connectivity index (χ3n) is 2.27. The Kier molecular flexibility index (Phi) is 3.18. The number of benzene rings is 1. The highest BCUT2D eigenvalue weighted by Gasteiger charge is 2.01. The lowest BCUT2D eigenvalue weighted by atomic mass is 10.3. The minimum Gasteiger partial charge on any atom is -0.388 e. The summed E-state index contributed by atoms with van der Waals surface area (Å²) in [5.74, 6) is 2.00. The SMILES string of the molecule is CNc1cccc(Nc2nc(C)nc(C)n2)c1. The largest absolute Gasteiger partial charge is 0.388 e. The lowest BCUT2D eigenvalue weighted by Gasteiger charge is -2.07. The Hall–Kier alpha value is -2.17. The molecule has 0 fully saturated rings. The molecule has 0 atom stereocenters. The maximum Gasteiger partial charge on any atom is 0.230 e. The van der Waals surface area contributed by atoms with E-state index in [4.69, 9.17) is 0 Å². The van der Waals surface area contributed by atoms with E-state index >= 15 is 0 Å². The molecule has 17 heavy (non-hydrogen) atoms. The Morgan fingerprint density at radius 1 is 0.941 bits per heavy atom. The Labute approximate surface area is 100 Å². The fourth-order valence-corrected chi connectivity index (χ4v) is 1.55. The van der Waals surface area contributed by atoms with Crippen LogP contribution in [-0.2, 0) is 0 Å². The Morgan fingerprint density at radius 2 is 1.59 bits per heavy atom. The lowest BCUT2D eigenvalue weighted by Crippen LogP contribution is -2.03. The predicted octanol–water partition coefficient (Wildman–Crippen LogP) is 2.27. The van der Waals surface area contributed by atoms with Gasteiger partial charge in [-0.1, -0.05) is 6.07 Å². The Morgan fingerprint density at radius 3 is 2.24 bits per heavy atom. The average Bonchev–Trinajstić information content (AvgIpc) is 2.28. The number of nitrogens with zero attached hydrogens (tertiary/aromatic N) is 3. The molecule has 0 aliphatic rings. The van der Waals surface area contributed by atoms with E-state index in [1.165, 1.54) is 0 Å². The van der Waals surface area contributed by atoms with E-state index in [1.807, 2.05) is 45.2 Å². The topological polar surface area (TPSA) is 62.7 Å². The molecule has 1 aromatic heterocycles. The summed E-state index contributed by atoms with van der Waals surface area (Å²) >= 11 is 0. The van der Waals surface area contributed by atoms with Crippen molar-refractivity contribution < 1.29 is 0 Å². The first-order valence-corrected chi connectivity index (χ1v) is 5.41. The highest BCUT2D eigenvalue weighted by Crippen LogP contribution is 2.17. The summed E-state index contributed by atoms with van der Waals surface area (Å²) in [7, 11) is 1.89. The fraction of sp³-hybridized carbons (Fsp3) is 0.250. The van der Waals surface area contributed by atoms with Gasteiger partial charge in [0, 0.05) is 18.4 Å². The molecule has 0 saturated carbocycles. The molecule has 0 saturated heterocycles. The zero-order valence-corrected chi connectivity index (χ0v) is 10.2. The first-order valence-electron chi connectivity index (χ1n) is 5.41. The van der Waals surface area contributed by atoms with Crippen molar-refractivity contribution in [2.75, 3.05) is 17.7 Å². The summed E-state index contributed by atoms with van der Waals surface area (Å²) in [5.41, 5.74) is 1.99. The van der Waals surface area contributed by atoms with E-state index in [-0.39, 0.29) is 0 Å². The van der Waals surface area contributed by atoms with E-state index in [0.29, 0.717) is 17.6 Å². The van der Waals surface area contributed by atoms with Crippen LogP contribution < -0.4 is 10.6 Å². The number of aromatic nitrogens is 3. The molecular weight excluding hydrogens is 214 g/mol. The van der Waals surface area contributed by atoms with Gasteiger partial charge < -0.3 is 10.6 Å². The van der Waals surface area contributed by atoms with Gasteiger partial charge in [0.05, 0.1) is 0 Å². The van der Waals surface area contributed by atoms with Gasteiger partial charge in [0.25, 0.3) is 0 Å². The van der Waals surface area contributed by atoms with Gasteiger partial charge in [-0.05, 0) is 32.0 Å². The maximum absolute atomic E-state index is 4.23. The summed E-state index contributed by atoms with van der Waals surface area (Å²) in [6.07, 6.45) is 0. The van der Waals surface area contributed by atoms with E-state index < -0.39 is 0 Å². The van der Waals surface area contributed by atoms with Gasteiger partial charge in [-0.15, -0.1) is 0 Å². The molecule has 0 aliphatic heterocycles. The zero-order valence-electron chi connectivity index (χ0n) is 10.2. The second kappa shape index (κ2) is 4.78. The molecule has 2 rings (SSSR count). The van der Waals surface area contributed by atoms with Crippen LogP contribution in [0.1, 0.15) is 11.6 Å². The summed E-state index contributed by atoms with van der Waals surface area (Å²) in [6, 6.07) is 7.92. The van der Waals surface area contributed by atoms with E-state index in [9.17, 15) is 0 Å². The molecule has 5 nitrogen and oxygen atoms in total. The van der Waals surface area contributed by atoms with Crippen LogP contribution in [-0.4, -0.2) is 22.0 Å². The molecule has 0 spiro atoms. The van der Waals surface area contributed by atoms with Crippen molar-refractivity contribution in [3.8, 4) is 0 Å². The molecule has 5 heteroatoms. The quantitative estimate of drug-likeness (QED) is 0.845. The van der Waals surface area contributed by atoms with Gasteiger partial charge in [-0.25, -0.2) is 4.98 Å². The number of hydrogen-bond donors (Lipinski definition) is 2. The molecule has 0 radical (unpaired) electrons. The van der Waals surface area contributed by atoms with Crippen molar-refractivity contribution >= 4 is 17.3 Å². The van der Waals surface area contributed by atoms with Gasteiger partial charge in [0.1, 0.15) is 11.6 Å². The second-order valence-corrected chi connectivity index (χ2v) is 3.71. The predicted molar refractivity (Wildman–Crippen MR) is 68.6 cm³/mol. The fourth-order valence-electron chi connectivity index (χ4n) is 1.55. The monoisotopic (exact) mass is 229 g/mol. The van der Waals surface area contributed by atoms with Crippen LogP contribution in [0.5, 0.6) is 0 Å². The molecule has 1 heterocycles. The molecule has 0 unspecified atom stereocenters. The van der Waals surface area contributed by atoms with Crippen molar-refractivity contribution in [3.05, 3.63) is 35.9 Å². The first kappa shape index (κ1) is 11.3. The molecular formula is C12H15N5. The van der Waals surface area contributed by atoms with Crippen molar-refractivity contribution in [3.63, 3.8) is 0 Å². The molecule has 2 aromatic rings. The van der Waals surface area contributed by atoms with Crippen LogP contribution in [0.25, 0.3) is 0 Å². The van der Waals surface area contributed by atoms with Gasteiger partial charge in [0.2, 0.25) is 5.95 Å². The first-order chi connectivity index (χ1) is 8.17. The van der Waals surface area contributed by atoms with Gasteiger partial charge >= 0.3 is 0 Å². The summed E-state index contributed by atoms with van der Waals surface area (Å²) < 4.78 is 0. The van der Waals surface area contributed by atoms with Crippen LogP contribution in [0.4, 0.5) is 17.3 Å². The summed E-state index contributed by atoms with van der Waals surface area (Å²) in [4.78, 5) is 12.6. The van der Waals surface area contributed by atoms with Crippen LogP contribution in [0, 0.1) is 13.8 Å². The lowest BCUT2D eigenvalue weighted by molar-refractivity contribution is 0.928. The number of aryl methyl sites for hydroxylation is 2. The van der Waals surface area contributed by atoms with Crippen molar-refractivity contribution in [2.24, 2.45) is 0 Å².